The van der Waals surface area contributed by atoms with E-state index in [2.05, 4.69) is 5.16 Å². The van der Waals surface area contributed by atoms with Gasteiger partial charge in [-0.05, 0) is 61.8 Å². The summed E-state index contributed by atoms with van der Waals surface area (Å²) in [4.78, 5) is 58.2. The molecule has 2 amide bonds. The fourth-order valence-electron chi connectivity index (χ4n) is 3.77. The molecule has 0 N–H and O–H groups in total. The van der Waals surface area contributed by atoms with E-state index in [-0.39, 0.29) is 31.8 Å². The number of amides is 2. The van der Waals surface area contributed by atoms with Crippen molar-refractivity contribution in [3.8, 4) is 0 Å². The van der Waals surface area contributed by atoms with Gasteiger partial charge in [-0.2, -0.15) is 4.90 Å². The van der Waals surface area contributed by atoms with Crippen LogP contribution in [0.3, 0.4) is 0 Å². The predicted molar refractivity (Wildman–Crippen MR) is 115 cm³/mol. The highest BCUT2D eigenvalue weighted by Crippen LogP contribution is 2.46. The average Bonchev–Trinajstić information content (AvgIpc) is 3.17. The van der Waals surface area contributed by atoms with Crippen molar-refractivity contribution < 1.29 is 43.0 Å². The number of hydrogen-bond acceptors (Lipinski definition) is 10. The lowest BCUT2D eigenvalue weighted by Crippen LogP contribution is -2.61. The minimum absolute atomic E-state index is 0.00603. The van der Waals surface area contributed by atoms with Gasteiger partial charge in [-0.15, -0.1) is 0 Å². The van der Waals surface area contributed by atoms with Crippen molar-refractivity contribution in [2.45, 2.75) is 91.1 Å². The molecule has 186 valence electrons. The zero-order valence-corrected chi connectivity index (χ0v) is 20.6. The molecule has 0 radical (unpaired) electrons. The van der Waals surface area contributed by atoms with Crippen LogP contribution in [0.15, 0.2) is 5.16 Å². The standard InChI is InChI=1S/C22H34N2O9/c1-9-29-16(25)15-13-11-22(17(26)30-10-2,12-14(13)33-23-15)24(18(27)31-20(3,4)5)19(28)32-21(6,7)8/h13-14H,9-12H2,1-8H3/t13-,14+,22+/m1/s1. The van der Waals surface area contributed by atoms with Crippen LogP contribution in [0.2, 0.25) is 0 Å². The highest BCUT2D eigenvalue weighted by atomic mass is 16.7. The van der Waals surface area contributed by atoms with Gasteiger partial charge < -0.3 is 23.8 Å². The third kappa shape index (κ3) is 5.94. The Labute approximate surface area is 193 Å². The summed E-state index contributed by atoms with van der Waals surface area (Å²) < 4.78 is 21.2. The number of imide groups is 1. The van der Waals surface area contributed by atoms with E-state index in [1.807, 2.05) is 0 Å². The number of nitrogens with zero attached hydrogens (tertiary/aromatic N) is 2. The van der Waals surface area contributed by atoms with Gasteiger partial charge in [0.25, 0.3) is 0 Å². The number of oxime groups is 1. The van der Waals surface area contributed by atoms with Crippen molar-refractivity contribution in [3.63, 3.8) is 0 Å². The Kier molecular flexibility index (Phi) is 7.65. The monoisotopic (exact) mass is 470 g/mol. The third-order valence-corrected chi connectivity index (χ3v) is 4.90. The lowest BCUT2D eigenvalue weighted by Gasteiger charge is -2.38. The van der Waals surface area contributed by atoms with Crippen molar-refractivity contribution in [2.75, 3.05) is 13.2 Å². The molecule has 1 heterocycles. The summed E-state index contributed by atoms with van der Waals surface area (Å²) in [6.07, 6.45) is -3.20. The lowest BCUT2D eigenvalue weighted by molar-refractivity contribution is -0.157. The van der Waals surface area contributed by atoms with Gasteiger partial charge in [0.15, 0.2) is 11.3 Å². The van der Waals surface area contributed by atoms with Crippen LogP contribution in [0.25, 0.3) is 0 Å². The SMILES string of the molecule is CCOC(=O)C1=NO[C@H]2C[C@@](C(=O)OCC)(N(C(=O)OC(C)(C)C)C(=O)OC(C)(C)C)C[C@@H]12. The zero-order valence-electron chi connectivity index (χ0n) is 20.6. The molecule has 1 fully saturated rings. The topological polar surface area (TPSA) is 130 Å². The summed E-state index contributed by atoms with van der Waals surface area (Å²) in [5, 5.41) is 3.82. The molecule has 33 heavy (non-hydrogen) atoms. The smallest absolute Gasteiger partial charge is 0.420 e. The Morgan fingerprint density at radius 3 is 1.91 bits per heavy atom. The summed E-state index contributed by atoms with van der Waals surface area (Å²) in [7, 11) is 0. The van der Waals surface area contributed by atoms with E-state index in [0.29, 0.717) is 4.90 Å². The molecular formula is C22H34N2O9. The van der Waals surface area contributed by atoms with E-state index in [0.717, 1.165) is 0 Å². The molecule has 3 atom stereocenters. The highest BCUT2D eigenvalue weighted by molar-refractivity contribution is 6.37. The molecule has 0 saturated heterocycles. The van der Waals surface area contributed by atoms with Crippen LogP contribution >= 0.6 is 0 Å². The number of rotatable bonds is 5. The quantitative estimate of drug-likeness (QED) is 0.439. The fraction of sp³-hybridized carbons (Fsp3) is 0.773. The molecule has 2 rings (SSSR count). The molecule has 0 aromatic rings. The maximum absolute atomic E-state index is 13.3. The first-order valence-electron chi connectivity index (χ1n) is 11.0. The van der Waals surface area contributed by atoms with Gasteiger partial charge >= 0.3 is 24.1 Å². The van der Waals surface area contributed by atoms with Gasteiger partial charge in [0.05, 0.1) is 19.1 Å². The summed E-state index contributed by atoms with van der Waals surface area (Å²) in [5.74, 6) is -2.21. The maximum Gasteiger partial charge on any atom is 0.420 e. The highest BCUT2D eigenvalue weighted by Gasteiger charge is 2.64. The average molecular weight is 471 g/mol. The van der Waals surface area contributed by atoms with E-state index in [1.54, 1.807) is 55.4 Å². The van der Waals surface area contributed by atoms with Crippen molar-refractivity contribution in [3.05, 3.63) is 0 Å². The van der Waals surface area contributed by atoms with E-state index in [1.165, 1.54) is 0 Å². The van der Waals surface area contributed by atoms with Gasteiger partial charge in [-0.3, -0.25) is 0 Å². The molecule has 0 aromatic heterocycles. The minimum Gasteiger partial charge on any atom is -0.464 e. The van der Waals surface area contributed by atoms with E-state index in [4.69, 9.17) is 23.8 Å². The zero-order chi connectivity index (χ0) is 25.2. The number of carbonyl (C=O) groups excluding carboxylic acids is 4. The minimum atomic E-state index is -1.83. The summed E-state index contributed by atoms with van der Waals surface area (Å²) >= 11 is 0. The van der Waals surface area contributed by atoms with Crippen LogP contribution in [0.1, 0.15) is 68.2 Å². The molecule has 11 nitrogen and oxygen atoms in total. The van der Waals surface area contributed by atoms with Crippen LogP contribution < -0.4 is 0 Å². The van der Waals surface area contributed by atoms with Gasteiger partial charge in [0.2, 0.25) is 0 Å². The molecule has 1 aliphatic heterocycles. The molecule has 2 aliphatic rings. The van der Waals surface area contributed by atoms with Gasteiger partial charge in [-0.25, -0.2) is 19.2 Å². The van der Waals surface area contributed by atoms with Crippen LogP contribution in [-0.4, -0.2) is 70.8 Å². The molecule has 1 aliphatic carbocycles. The molecule has 0 bridgehead atoms. The van der Waals surface area contributed by atoms with Crippen LogP contribution in [0, 0.1) is 5.92 Å². The maximum atomic E-state index is 13.3. The number of fused-ring (bicyclic) bond motifs is 1. The second-order valence-corrected chi connectivity index (χ2v) is 9.90. The number of hydrogen-bond donors (Lipinski definition) is 0. The molecule has 0 spiro atoms. The number of carbonyl (C=O) groups is 4. The van der Waals surface area contributed by atoms with E-state index < -0.39 is 52.9 Å². The van der Waals surface area contributed by atoms with Crippen molar-refractivity contribution in [1.82, 2.24) is 4.90 Å². The van der Waals surface area contributed by atoms with Gasteiger partial charge in [0, 0.05) is 6.42 Å². The van der Waals surface area contributed by atoms with Crippen LogP contribution in [-0.2, 0) is 33.4 Å². The summed E-state index contributed by atoms with van der Waals surface area (Å²) in [6.45, 7) is 13.2. The first-order valence-corrected chi connectivity index (χ1v) is 11.0. The Morgan fingerprint density at radius 2 is 1.45 bits per heavy atom. The second-order valence-electron chi connectivity index (χ2n) is 9.90. The Bertz CT molecular complexity index is 797. The lowest BCUT2D eigenvalue weighted by atomic mass is 9.92. The molecule has 0 unspecified atom stereocenters. The van der Waals surface area contributed by atoms with Crippen molar-refractivity contribution >= 4 is 29.8 Å². The molecular weight excluding hydrogens is 436 g/mol. The molecule has 11 heteroatoms. The van der Waals surface area contributed by atoms with Crippen molar-refractivity contribution in [1.29, 1.82) is 0 Å². The third-order valence-electron chi connectivity index (χ3n) is 4.90. The largest absolute Gasteiger partial charge is 0.464 e. The Balaban J connectivity index is 2.54. The van der Waals surface area contributed by atoms with Crippen LogP contribution in [0.4, 0.5) is 9.59 Å². The van der Waals surface area contributed by atoms with Gasteiger partial charge in [-0.1, -0.05) is 5.16 Å². The van der Waals surface area contributed by atoms with Gasteiger partial charge in [0.1, 0.15) is 17.3 Å². The van der Waals surface area contributed by atoms with Crippen molar-refractivity contribution in [2.24, 2.45) is 11.1 Å². The first-order chi connectivity index (χ1) is 15.1. The first kappa shape index (κ1) is 26.4. The normalized spacial score (nSPS) is 24.2. The Morgan fingerprint density at radius 1 is 0.939 bits per heavy atom. The molecule has 0 aromatic carbocycles. The summed E-state index contributed by atoms with van der Waals surface area (Å²) in [5.41, 5.74) is -3.77. The predicted octanol–water partition coefficient (Wildman–Crippen LogP) is 3.19. The van der Waals surface area contributed by atoms with Crippen LogP contribution in [0.5, 0.6) is 0 Å². The fourth-order valence-corrected chi connectivity index (χ4v) is 3.77. The number of esters is 2. The second kappa shape index (κ2) is 9.56. The van der Waals surface area contributed by atoms with E-state index in [9.17, 15) is 19.2 Å². The molecule has 1 saturated carbocycles. The van der Waals surface area contributed by atoms with E-state index >= 15 is 0 Å². The Hall–Kier alpha value is -2.85. The number of ether oxygens (including phenoxy) is 4. The summed E-state index contributed by atoms with van der Waals surface area (Å²) in [6, 6.07) is 0.